The summed E-state index contributed by atoms with van der Waals surface area (Å²) >= 11 is 0. The molecule has 3 nitrogen and oxygen atoms in total. The van der Waals surface area contributed by atoms with Crippen LogP contribution in [-0.4, -0.2) is 9.13 Å². The molecule has 0 atom stereocenters. The SMILES string of the molecule is [C-]#[N+]c1ccccc1-n1c2cc(F)ccc2c2c(-n3c4ccccc4c4ccccc43)cccc21. The highest BCUT2D eigenvalue weighted by atomic mass is 19.1. The van der Waals surface area contributed by atoms with Crippen molar-refractivity contribution in [2.24, 2.45) is 0 Å². The highest BCUT2D eigenvalue weighted by molar-refractivity contribution is 6.16. The second-order valence-electron chi connectivity index (χ2n) is 8.64. The van der Waals surface area contributed by atoms with Crippen molar-refractivity contribution in [1.82, 2.24) is 9.13 Å². The van der Waals surface area contributed by atoms with Crippen LogP contribution in [0.5, 0.6) is 0 Å². The quantitative estimate of drug-likeness (QED) is 0.234. The Balaban J connectivity index is 1.70. The summed E-state index contributed by atoms with van der Waals surface area (Å²) in [5.41, 5.74) is 6.20. The topological polar surface area (TPSA) is 14.2 Å². The standard InChI is InChI=1S/C31H18FN3/c1-33-24-11-4-7-14-27(24)35-29-16-8-15-28(31(29)23-18-17-20(32)19-30(23)35)34-25-12-5-2-9-21(25)22-10-3-6-13-26(22)34/h2-19H. The summed E-state index contributed by atoms with van der Waals surface area (Å²) in [5.74, 6) is -0.305. The molecule has 2 aromatic heterocycles. The molecule has 4 heteroatoms. The average Bonchev–Trinajstić information content (AvgIpc) is 3.41. The van der Waals surface area contributed by atoms with Gasteiger partial charge in [-0.05, 0) is 48.5 Å². The normalized spacial score (nSPS) is 11.5. The molecule has 0 fully saturated rings. The third-order valence-electron chi connectivity index (χ3n) is 6.80. The van der Waals surface area contributed by atoms with Crippen LogP contribution in [-0.2, 0) is 0 Å². The Morgan fingerprint density at radius 3 is 1.89 bits per heavy atom. The van der Waals surface area contributed by atoms with Crippen molar-refractivity contribution < 1.29 is 4.39 Å². The largest absolute Gasteiger partial charge is 0.319 e. The molecular weight excluding hydrogens is 433 g/mol. The van der Waals surface area contributed by atoms with Crippen molar-refractivity contribution in [1.29, 1.82) is 0 Å². The molecule has 0 bridgehead atoms. The highest BCUT2D eigenvalue weighted by Crippen LogP contribution is 2.41. The molecule has 0 amide bonds. The van der Waals surface area contributed by atoms with Gasteiger partial charge in [-0.1, -0.05) is 60.7 Å². The van der Waals surface area contributed by atoms with Crippen molar-refractivity contribution in [2.75, 3.05) is 0 Å². The molecule has 2 heterocycles. The van der Waals surface area contributed by atoms with E-state index < -0.39 is 0 Å². The zero-order valence-corrected chi connectivity index (χ0v) is 18.6. The predicted molar refractivity (Wildman–Crippen MR) is 141 cm³/mol. The highest BCUT2D eigenvalue weighted by Gasteiger charge is 2.20. The Morgan fingerprint density at radius 2 is 1.14 bits per heavy atom. The maximum absolute atomic E-state index is 14.6. The molecule has 0 spiro atoms. The molecule has 0 saturated carbocycles. The van der Waals surface area contributed by atoms with Crippen molar-refractivity contribution in [3.05, 3.63) is 126 Å². The fourth-order valence-electron chi connectivity index (χ4n) is 5.40. The van der Waals surface area contributed by atoms with Crippen LogP contribution in [0, 0.1) is 12.4 Å². The molecule has 35 heavy (non-hydrogen) atoms. The van der Waals surface area contributed by atoms with Gasteiger partial charge < -0.3 is 9.13 Å². The molecule has 0 N–H and O–H groups in total. The van der Waals surface area contributed by atoms with Gasteiger partial charge in [0.2, 0.25) is 5.69 Å². The zero-order chi connectivity index (χ0) is 23.5. The lowest BCUT2D eigenvalue weighted by molar-refractivity contribution is 0.629. The second kappa shape index (κ2) is 7.31. The minimum atomic E-state index is -0.305. The minimum Gasteiger partial charge on any atom is -0.319 e. The van der Waals surface area contributed by atoms with Crippen LogP contribution >= 0.6 is 0 Å². The van der Waals surface area contributed by atoms with Gasteiger partial charge in [0.05, 0.1) is 40.0 Å². The third-order valence-corrected chi connectivity index (χ3v) is 6.80. The number of halogens is 1. The molecule has 7 rings (SSSR count). The first kappa shape index (κ1) is 19.6. The van der Waals surface area contributed by atoms with E-state index in [0.29, 0.717) is 5.69 Å². The zero-order valence-electron chi connectivity index (χ0n) is 18.6. The number of aromatic nitrogens is 2. The van der Waals surface area contributed by atoms with Gasteiger partial charge in [0, 0.05) is 21.5 Å². The smallest absolute Gasteiger partial charge is 0.210 e. The van der Waals surface area contributed by atoms with Gasteiger partial charge in [-0.25, -0.2) is 9.24 Å². The van der Waals surface area contributed by atoms with Gasteiger partial charge in [-0.15, -0.1) is 0 Å². The predicted octanol–water partition coefficient (Wildman–Crippen LogP) is 8.57. The first-order valence-corrected chi connectivity index (χ1v) is 11.4. The van der Waals surface area contributed by atoms with Gasteiger partial charge in [-0.3, -0.25) is 0 Å². The Bertz CT molecular complexity index is 1930. The maximum Gasteiger partial charge on any atom is 0.210 e. The third kappa shape index (κ3) is 2.70. The van der Waals surface area contributed by atoms with Crippen molar-refractivity contribution in [3.8, 4) is 11.4 Å². The molecule has 0 aliphatic carbocycles. The fourth-order valence-corrected chi connectivity index (χ4v) is 5.40. The number of nitrogens with zero attached hydrogens (tertiary/aromatic N) is 3. The second-order valence-corrected chi connectivity index (χ2v) is 8.64. The molecule has 0 unspecified atom stereocenters. The van der Waals surface area contributed by atoms with E-state index in [0.717, 1.165) is 44.2 Å². The van der Waals surface area contributed by atoms with E-state index in [9.17, 15) is 4.39 Å². The lowest BCUT2D eigenvalue weighted by atomic mass is 10.1. The van der Waals surface area contributed by atoms with E-state index >= 15 is 0 Å². The molecular formula is C31H18FN3. The van der Waals surface area contributed by atoms with Gasteiger partial charge in [0.25, 0.3) is 0 Å². The summed E-state index contributed by atoms with van der Waals surface area (Å²) in [6.07, 6.45) is 0. The van der Waals surface area contributed by atoms with Crippen LogP contribution in [0.25, 0.3) is 59.8 Å². The number of fused-ring (bicyclic) bond motifs is 6. The lowest BCUT2D eigenvalue weighted by Crippen LogP contribution is -1.96. The molecule has 164 valence electrons. The summed E-state index contributed by atoms with van der Waals surface area (Å²) in [6, 6.07) is 35.4. The summed E-state index contributed by atoms with van der Waals surface area (Å²) in [5, 5.41) is 4.34. The Kier molecular flexibility index (Phi) is 4.09. The maximum atomic E-state index is 14.6. The Hall–Kier alpha value is -4.88. The number of hydrogen-bond donors (Lipinski definition) is 0. The van der Waals surface area contributed by atoms with Crippen LogP contribution < -0.4 is 0 Å². The first-order chi connectivity index (χ1) is 17.3. The fraction of sp³-hybridized carbons (Fsp3) is 0. The van der Waals surface area contributed by atoms with Crippen LogP contribution in [0.3, 0.4) is 0 Å². The summed E-state index contributed by atoms with van der Waals surface area (Å²) in [7, 11) is 0. The van der Waals surface area contributed by atoms with Gasteiger partial charge in [0.15, 0.2) is 0 Å². The lowest BCUT2D eigenvalue weighted by Gasteiger charge is -2.12. The van der Waals surface area contributed by atoms with Gasteiger partial charge >= 0.3 is 0 Å². The molecule has 5 aromatic carbocycles. The van der Waals surface area contributed by atoms with Crippen molar-refractivity contribution in [2.45, 2.75) is 0 Å². The van der Waals surface area contributed by atoms with E-state index in [4.69, 9.17) is 6.57 Å². The van der Waals surface area contributed by atoms with E-state index in [2.05, 4.69) is 64.0 Å². The molecule has 0 aliphatic heterocycles. The van der Waals surface area contributed by atoms with Crippen LogP contribution in [0.1, 0.15) is 0 Å². The van der Waals surface area contributed by atoms with Gasteiger partial charge in [-0.2, -0.15) is 0 Å². The summed E-state index contributed by atoms with van der Waals surface area (Å²) in [4.78, 5) is 3.75. The summed E-state index contributed by atoms with van der Waals surface area (Å²) in [6.45, 7) is 7.72. The first-order valence-electron chi connectivity index (χ1n) is 11.4. The van der Waals surface area contributed by atoms with Crippen molar-refractivity contribution >= 4 is 49.3 Å². The van der Waals surface area contributed by atoms with E-state index in [1.807, 2.05) is 41.0 Å². The number of rotatable bonds is 2. The Labute approximate surface area is 200 Å². The molecule has 0 aliphatic rings. The van der Waals surface area contributed by atoms with Crippen molar-refractivity contribution in [3.63, 3.8) is 0 Å². The number of para-hydroxylation sites is 4. The molecule has 7 aromatic rings. The van der Waals surface area contributed by atoms with Crippen LogP contribution in [0.15, 0.2) is 109 Å². The monoisotopic (exact) mass is 451 g/mol. The number of hydrogen-bond acceptors (Lipinski definition) is 0. The molecule has 0 radical (unpaired) electrons. The van der Waals surface area contributed by atoms with Crippen LogP contribution in [0.2, 0.25) is 0 Å². The van der Waals surface area contributed by atoms with Gasteiger partial charge in [0.1, 0.15) is 5.82 Å². The average molecular weight is 452 g/mol. The van der Waals surface area contributed by atoms with E-state index in [1.54, 1.807) is 12.1 Å². The van der Waals surface area contributed by atoms with E-state index in [-0.39, 0.29) is 5.82 Å². The Morgan fingerprint density at radius 1 is 0.543 bits per heavy atom. The van der Waals surface area contributed by atoms with Crippen LogP contribution in [0.4, 0.5) is 10.1 Å². The minimum absolute atomic E-state index is 0.305. The molecule has 0 saturated heterocycles. The summed E-state index contributed by atoms with van der Waals surface area (Å²) < 4.78 is 18.9. The number of benzene rings is 5. The van der Waals surface area contributed by atoms with E-state index in [1.165, 1.54) is 16.8 Å².